The van der Waals surface area contributed by atoms with Crippen LogP contribution in [0.3, 0.4) is 0 Å². The Hall–Kier alpha value is -2.61. The fraction of sp³-hybridized carbons (Fsp3) is 0.400. The first-order valence-electron chi connectivity index (χ1n) is 6.96. The zero-order valence-electron chi connectivity index (χ0n) is 14.8. The average molecular weight is 395 g/mol. The molecule has 12 N–H and O–H groups in total. The molecule has 12 nitrogen and oxygen atoms in total. The predicted octanol–water partition coefficient (Wildman–Crippen LogP) is -2.36. The van der Waals surface area contributed by atoms with Gasteiger partial charge in [-0.05, 0) is 0 Å². The van der Waals surface area contributed by atoms with Crippen molar-refractivity contribution in [1.82, 2.24) is 0 Å². The molecule has 0 heterocycles. The van der Waals surface area contributed by atoms with Crippen molar-refractivity contribution in [3.63, 3.8) is 0 Å². The summed E-state index contributed by atoms with van der Waals surface area (Å²) in [7, 11) is 0. The van der Waals surface area contributed by atoms with Gasteiger partial charge in [0, 0.05) is 30.1 Å². The summed E-state index contributed by atoms with van der Waals surface area (Å²) in [4.78, 5) is 27.8. The Morgan fingerprint density at radius 3 is 0.926 bits per heavy atom. The zero-order chi connectivity index (χ0) is 22.7. The molecule has 0 fully saturated rings. The van der Waals surface area contributed by atoms with Crippen LogP contribution < -0.4 is 17.2 Å². The molecule has 0 aliphatic rings. The second kappa shape index (κ2) is 18.2. The van der Waals surface area contributed by atoms with E-state index in [2.05, 4.69) is 19.7 Å². The van der Waals surface area contributed by atoms with Crippen LogP contribution in [0, 0.1) is 5.41 Å². The minimum absolute atomic E-state index is 0.0521. The van der Waals surface area contributed by atoms with Gasteiger partial charge in [-0.25, -0.2) is 14.4 Å². The highest BCUT2D eigenvalue weighted by Gasteiger charge is 2.34. The van der Waals surface area contributed by atoms with Crippen molar-refractivity contribution < 1.29 is 45.0 Å². The molecule has 0 amide bonds. The van der Waals surface area contributed by atoms with Gasteiger partial charge < -0.3 is 47.8 Å². The Morgan fingerprint density at radius 1 is 0.704 bits per heavy atom. The maximum Gasteiger partial charge on any atom is 0.327 e. The Bertz CT molecular complexity index is 419. The molecule has 0 saturated heterocycles. The molecule has 0 spiro atoms. The lowest BCUT2D eigenvalue weighted by molar-refractivity contribution is -0.132. The van der Waals surface area contributed by atoms with Crippen LogP contribution in [0.25, 0.3) is 0 Å². The summed E-state index contributed by atoms with van der Waals surface area (Å²) in [5.74, 6) is -4.44. The van der Waals surface area contributed by atoms with E-state index < -0.39 is 48.9 Å². The van der Waals surface area contributed by atoms with Gasteiger partial charge in [-0.2, -0.15) is 0 Å². The van der Waals surface area contributed by atoms with Crippen molar-refractivity contribution in [2.45, 2.75) is 12.2 Å². The molecule has 0 aliphatic carbocycles. The number of aliphatic hydroxyl groups is 3. The van der Waals surface area contributed by atoms with Gasteiger partial charge in [0.05, 0.1) is 19.8 Å². The molecule has 0 aromatic heterocycles. The number of aliphatic carboxylic acids is 3. The van der Waals surface area contributed by atoms with E-state index in [0.717, 1.165) is 18.2 Å². The van der Waals surface area contributed by atoms with E-state index >= 15 is 0 Å². The Labute approximate surface area is 156 Å². The quantitative estimate of drug-likeness (QED) is 0.154. The molecule has 158 valence electrons. The van der Waals surface area contributed by atoms with Crippen LogP contribution in [-0.2, 0) is 14.4 Å². The van der Waals surface area contributed by atoms with E-state index in [-0.39, 0.29) is 6.42 Å². The molecule has 0 aliphatic heterocycles. The first-order chi connectivity index (χ1) is 12.2. The maximum absolute atomic E-state index is 9.25. The van der Waals surface area contributed by atoms with E-state index in [0.29, 0.717) is 0 Å². The molecule has 0 atom stereocenters. The molecule has 0 radical (unpaired) electrons. The number of aliphatic hydroxyl groups excluding tert-OH is 3. The lowest BCUT2D eigenvalue weighted by atomic mass is 9.84. The lowest BCUT2D eigenvalue weighted by Crippen LogP contribution is -2.62. The van der Waals surface area contributed by atoms with Crippen molar-refractivity contribution in [2.75, 3.05) is 19.8 Å². The Kier molecular flexibility index (Phi) is 21.6. The molecular formula is C15H29N3O9. The molecule has 0 aromatic carbocycles. The first kappa shape index (κ1) is 32.1. The van der Waals surface area contributed by atoms with Gasteiger partial charge in [0.15, 0.2) is 0 Å². The summed E-state index contributed by atoms with van der Waals surface area (Å²) in [6, 6.07) is 0. The van der Waals surface area contributed by atoms with Crippen molar-refractivity contribution >= 4 is 17.9 Å². The van der Waals surface area contributed by atoms with Crippen molar-refractivity contribution in [1.29, 1.82) is 0 Å². The molecule has 27 heavy (non-hydrogen) atoms. The van der Waals surface area contributed by atoms with Gasteiger partial charge in [-0.3, -0.25) is 0 Å². The Balaban J connectivity index is -0.000000147. The van der Waals surface area contributed by atoms with Crippen molar-refractivity contribution in [3.8, 4) is 0 Å². The van der Waals surface area contributed by atoms with Crippen LogP contribution >= 0.6 is 0 Å². The zero-order valence-corrected chi connectivity index (χ0v) is 14.8. The third-order valence-corrected chi connectivity index (χ3v) is 2.21. The molecule has 0 unspecified atom stereocenters. The third kappa shape index (κ3) is 31.6. The number of carboxylic acid groups (broad SMARTS) is 3. The lowest BCUT2D eigenvalue weighted by Gasteiger charge is -2.33. The first-order valence-corrected chi connectivity index (χ1v) is 6.96. The van der Waals surface area contributed by atoms with Gasteiger partial charge in [-0.15, -0.1) is 0 Å². The average Bonchev–Trinajstić information content (AvgIpc) is 2.60. The van der Waals surface area contributed by atoms with Gasteiger partial charge in [-0.1, -0.05) is 19.7 Å². The second-order valence-electron chi connectivity index (χ2n) is 4.89. The second-order valence-corrected chi connectivity index (χ2v) is 4.89. The minimum Gasteiger partial charge on any atom is -0.478 e. The predicted molar refractivity (Wildman–Crippen MR) is 97.1 cm³/mol. The standard InChI is InChI=1S/C6H17N3O3.3C3H4O2/c7-6(8,9)1-5(2-10,3-11)4-12;3*1-2-3(4)5/h10-12H,1-4,7-9H2;3*2H,1H2,(H,4,5). The number of hydrogen-bond acceptors (Lipinski definition) is 9. The van der Waals surface area contributed by atoms with Gasteiger partial charge in [0.2, 0.25) is 0 Å². The monoisotopic (exact) mass is 395 g/mol. The van der Waals surface area contributed by atoms with Gasteiger partial charge in [0.1, 0.15) is 5.79 Å². The number of rotatable bonds is 8. The summed E-state index contributed by atoms with van der Waals surface area (Å²) in [6.45, 7) is 7.65. The number of carboxylic acids is 3. The van der Waals surface area contributed by atoms with Crippen molar-refractivity contribution in [2.24, 2.45) is 22.6 Å². The molecule has 0 bridgehead atoms. The molecular weight excluding hydrogens is 366 g/mol. The SMILES string of the molecule is C=CC(=O)O.C=CC(=O)O.C=CC(=O)O.NC(N)(N)CC(CO)(CO)CO. The highest BCUT2D eigenvalue weighted by atomic mass is 16.4. The Morgan fingerprint density at radius 2 is 0.889 bits per heavy atom. The molecule has 0 saturated carbocycles. The van der Waals surface area contributed by atoms with Gasteiger partial charge in [0.25, 0.3) is 0 Å². The van der Waals surface area contributed by atoms with E-state index in [1.807, 2.05) is 0 Å². The molecule has 0 aromatic rings. The molecule has 0 rings (SSSR count). The normalized spacial score (nSPS) is 9.56. The summed E-state index contributed by atoms with van der Waals surface area (Å²) < 4.78 is 0. The highest BCUT2D eigenvalue weighted by Crippen LogP contribution is 2.21. The fourth-order valence-electron chi connectivity index (χ4n) is 0.967. The van der Waals surface area contributed by atoms with E-state index in [1.165, 1.54) is 0 Å². The maximum atomic E-state index is 9.25. The van der Waals surface area contributed by atoms with Crippen LogP contribution in [0.1, 0.15) is 6.42 Å². The minimum atomic E-state index is -1.49. The number of hydrogen-bond donors (Lipinski definition) is 9. The topological polar surface area (TPSA) is 251 Å². The van der Waals surface area contributed by atoms with Crippen LogP contribution in [0.5, 0.6) is 0 Å². The van der Waals surface area contributed by atoms with E-state index in [9.17, 15) is 14.4 Å². The van der Waals surface area contributed by atoms with Gasteiger partial charge >= 0.3 is 17.9 Å². The number of carbonyl (C=O) groups is 3. The van der Waals surface area contributed by atoms with Crippen LogP contribution in [-0.4, -0.2) is 74.2 Å². The smallest absolute Gasteiger partial charge is 0.327 e. The number of nitrogens with two attached hydrogens (primary N) is 3. The van der Waals surface area contributed by atoms with Crippen LogP contribution in [0.2, 0.25) is 0 Å². The molecule has 12 heteroatoms. The highest BCUT2D eigenvalue weighted by molar-refractivity contribution is 5.79. The summed E-state index contributed by atoms with van der Waals surface area (Å²) in [5.41, 5.74) is 14.7. The van der Waals surface area contributed by atoms with Crippen LogP contribution in [0.4, 0.5) is 0 Å². The summed E-state index contributed by atoms with van der Waals surface area (Å²) in [5, 5.41) is 49.4. The summed E-state index contributed by atoms with van der Waals surface area (Å²) in [6.07, 6.45) is 2.45. The third-order valence-electron chi connectivity index (χ3n) is 2.21. The van der Waals surface area contributed by atoms with Crippen LogP contribution in [0.15, 0.2) is 38.0 Å². The fourth-order valence-corrected chi connectivity index (χ4v) is 0.967. The van der Waals surface area contributed by atoms with Crippen molar-refractivity contribution in [3.05, 3.63) is 38.0 Å². The van der Waals surface area contributed by atoms with E-state index in [1.54, 1.807) is 0 Å². The summed E-state index contributed by atoms with van der Waals surface area (Å²) >= 11 is 0. The van der Waals surface area contributed by atoms with E-state index in [4.69, 9.17) is 47.8 Å². The largest absolute Gasteiger partial charge is 0.478 e.